The van der Waals surface area contributed by atoms with E-state index in [9.17, 15) is 0 Å². The van der Waals surface area contributed by atoms with Crippen LogP contribution in [-0.4, -0.2) is 16.0 Å². The summed E-state index contributed by atoms with van der Waals surface area (Å²) in [4.78, 5) is 8.03. The van der Waals surface area contributed by atoms with Gasteiger partial charge in [0.05, 0.1) is 0 Å². The van der Waals surface area contributed by atoms with Gasteiger partial charge in [-0.2, -0.15) is 0 Å². The van der Waals surface area contributed by atoms with Crippen LogP contribution in [0.5, 0.6) is 5.75 Å². The summed E-state index contributed by atoms with van der Waals surface area (Å²) >= 11 is 0. The van der Waals surface area contributed by atoms with Crippen LogP contribution in [0.15, 0.2) is 67.0 Å². The molecule has 5 heteroatoms. The van der Waals surface area contributed by atoms with E-state index < -0.39 is 0 Å². The minimum absolute atomic E-state index is 0.313. The Labute approximate surface area is 153 Å². The maximum atomic E-state index is 5.85. The summed E-state index contributed by atoms with van der Waals surface area (Å²) in [6, 6.07) is 19.2. The number of benzene rings is 2. The largest absolute Gasteiger partial charge is 0.489 e. The zero-order valence-corrected chi connectivity index (χ0v) is 14.5. The van der Waals surface area contributed by atoms with Gasteiger partial charge in [0.1, 0.15) is 12.4 Å². The van der Waals surface area contributed by atoms with Crippen molar-refractivity contribution in [1.82, 2.24) is 15.3 Å². The van der Waals surface area contributed by atoms with Gasteiger partial charge in [-0.15, -0.1) is 0 Å². The number of nitrogen functional groups attached to an aromatic ring is 1. The average molecular weight is 346 g/mol. The van der Waals surface area contributed by atoms with E-state index in [-0.39, 0.29) is 0 Å². The first kappa shape index (κ1) is 16.5. The summed E-state index contributed by atoms with van der Waals surface area (Å²) in [6.07, 6.45) is 4.69. The van der Waals surface area contributed by atoms with E-state index in [1.54, 1.807) is 12.4 Å². The van der Waals surface area contributed by atoms with Gasteiger partial charge in [-0.05, 0) is 29.7 Å². The molecule has 0 spiro atoms. The monoisotopic (exact) mass is 346 g/mol. The third kappa shape index (κ3) is 4.18. The second kappa shape index (κ2) is 7.54. The third-order valence-corrected chi connectivity index (χ3v) is 4.64. The van der Waals surface area contributed by atoms with Gasteiger partial charge in [0.15, 0.2) is 0 Å². The molecule has 5 nitrogen and oxygen atoms in total. The fourth-order valence-electron chi connectivity index (χ4n) is 3.05. The molecule has 2 aromatic carbocycles. The van der Waals surface area contributed by atoms with Crippen LogP contribution in [0.4, 0.5) is 5.95 Å². The SMILES string of the molecule is Nc1ncc(CN[C@@H]2C[C@H]2c2ccc(OCc3ccccc3)cc2)cn1. The normalized spacial score (nSPS) is 18.5. The molecule has 1 heterocycles. The molecule has 0 bridgehead atoms. The van der Waals surface area contributed by atoms with Crippen molar-refractivity contribution in [2.75, 3.05) is 5.73 Å². The summed E-state index contributed by atoms with van der Waals surface area (Å²) in [7, 11) is 0. The Balaban J connectivity index is 1.26. The van der Waals surface area contributed by atoms with Crippen molar-refractivity contribution in [1.29, 1.82) is 0 Å². The Morgan fingerprint density at radius 1 is 0.962 bits per heavy atom. The Morgan fingerprint density at radius 2 is 1.69 bits per heavy atom. The lowest BCUT2D eigenvalue weighted by molar-refractivity contribution is 0.306. The van der Waals surface area contributed by atoms with Crippen molar-refractivity contribution in [2.24, 2.45) is 0 Å². The van der Waals surface area contributed by atoms with E-state index in [2.05, 4.69) is 51.7 Å². The Kier molecular flexibility index (Phi) is 4.80. The smallest absolute Gasteiger partial charge is 0.219 e. The van der Waals surface area contributed by atoms with Gasteiger partial charge in [0.25, 0.3) is 0 Å². The average Bonchev–Trinajstić information content (AvgIpc) is 3.47. The van der Waals surface area contributed by atoms with Crippen LogP contribution in [0.1, 0.15) is 29.0 Å². The molecule has 4 rings (SSSR count). The molecule has 132 valence electrons. The molecule has 2 atom stereocenters. The van der Waals surface area contributed by atoms with Crippen LogP contribution in [0.2, 0.25) is 0 Å². The van der Waals surface area contributed by atoms with Crippen molar-refractivity contribution in [2.45, 2.75) is 31.5 Å². The van der Waals surface area contributed by atoms with E-state index in [4.69, 9.17) is 10.5 Å². The summed E-state index contributed by atoms with van der Waals surface area (Å²) in [5, 5.41) is 3.55. The number of hydrogen-bond donors (Lipinski definition) is 2. The third-order valence-electron chi connectivity index (χ3n) is 4.64. The maximum absolute atomic E-state index is 5.85. The molecule has 1 aliphatic carbocycles. The first-order valence-electron chi connectivity index (χ1n) is 8.84. The molecule has 0 saturated heterocycles. The lowest BCUT2D eigenvalue weighted by Gasteiger charge is -2.08. The van der Waals surface area contributed by atoms with E-state index in [0.29, 0.717) is 24.5 Å². The van der Waals surface area contributed by atoms with Crippen LogP contribution in [0.25, 0.3) is 0 Å². The van der Waals surface area contributed by atoms with Gasteiger partial charge in [0.2, 0.25) is 5.95 Å². The fourth-order valence-corrected chi connectivity index (χ4v) is 3.05. The zero-order valence-electron chi connectivity index (χ0n) is 14.5. The highest BCUT2D eigenvalue weighted by Gasteiger charge is 2.37. The molecule has 1 aromatic heterocycles. The Morgan fingerprint density at radius 3 is 2.42 bits per heavy atom. The predicted molar refractivity (Wildman–Crippen MR) is 102 cm³/mol. The molecule has 0 radical (unpaired) electrons. The standard InChI is InChI=1S/C21H22N4O/c22-21-24-12-16(13-25-21)11-23-20-10-19(20)17-6-8-18(9-7-17)26-14-15-4-2-1-3-5-15/h1-9,12-13,19-20,23H,10-11,14H2,(H2,22,24,25)/t19-,20+/m0/s1. The molecule has 1 aliphatic rings. The van der Waals surface area contributed by atoms with E-state index in [0.717, 1.165) is 24.3 Å². The highest BCUT2D eigenvalue weighted by molar-refractivity contribution is 5.34. The van der Waals surface area contributed by atoms with Crippen LogP contribution in [0, 0.1) is 0 Å². The van der Waals surface area contributed by atoms with Crippen LogP contribution >= 0.6 is 0 Å². The molecule has 0 amide bonds. The van der Waals surface area contributed by atoms with E-state index >= 15 is 0 Å². The molecule has 1 fully saturated rings. The number of nitrogens with one attached hydrogen (secondary N) is 1. The van der Waals surface area contributed by atoms with Crippen molar-refractivity contribution < 1.29 is 4.74 Å². The molecule has 1 saturated carbocycles. The van der Waals surface area contributed by atoms with E-state index in [1.807, 2.05) is 18.2 Å². The number of ether oxygens (including phenoxy) is 1. The summed E-state index contributed by atoms with van der Waals surface area (Å²) in [5.41, 5.74) is 9.08. The first-order chi connectivity index (χ1) is 12.8. The van der Waals surface area contributed by atoms with Gasteiger partial charge < -0.3 is 15.8 Å². The van der Waals surface area contributed by atoms with Crippen molar-refractivity contribution in [3.8, 4) is 5.75 Å². The number of anilines is 1. The Hall–Kier alpha value is -2.92. The maximum Gasteiger partial charge on any atom is 0.219 e. The molecular formula is C21H22N4O. The highest BCUT2D eigenvalue weighted by atomic mass is 16.5. The van der Waals surface area contributed by atoms with Gasteiger partial charge >= 0.3 is 0 Å². The lowest BCUT2D eigenvalue weighted by atomic mass is 10.1. The number of aromatic nitrogens is 2. The van der Waals surface area contributed by atoms with Gasteiger partial charge in [-0.3, -0.25) is 0 Å². The summed E-state index contributed by atoms with van der Waals surface area (Å²) in [6.45, 7) is 1.36. The quantitative estimate of drug-likeness (QED) is 0.687. The summed E-state index contributed by atoms with van der Waals surface area (Å²) < 4.78 is 5.85. The van der Waals surface area contributed by atoms with Crippen molar-refractivity contribution >= 4 is 5.95 Å². The van der Waals surface area contributed by atoms with Gasteiger partial charge in [-0.25, -0.2) is 9.97 Å². The first-order valence-corrected chi connectivity index (χ1v) is 8.84. The van der Waals surface area contributed by atoms with Crippen LogP contribution in [0.3, 0.4) is 0 Å². The highest BCUT2D eigenvalue weighted by Crippen LogP contribution is 2.41. The van der Waals surface area contributed by atoms with Crippen molar-refractivity contribution in [3.63, 3.8) is 0 Å². The van der Waals surface area contributed by atoms with Gasteiger partial charge in [0, 0.05) is 36.5 Å². The molecule has 3 aromatic rings. The second-order valence-corrected chi connectivity index (χ2v) is 6.62. The van der Waals surface area contributed by atoms with Crippen LogP contribution in [-0.2, 0) is 13.2 Å². The van der Waals surface area contributed by atoms with E-state index in [1.165, 1.54) is 11.1 Å². The Bertz CT molecular complexity index is 834. The molecular weight excluding hydrogens is 324 g/mol. The number of hydrogen-bond acceptors (Lipinski definition) is 5. The molecule has 0 aliphatic heterocycles. The molecule has 3 N–H and O–H groups in total. The topological polar surface area (TPSA) is 73.1 Å². The zero-order chi connectivity index (χ0) is 17.8. The summed E-state index contributed by atoms with van der Waals surface area (Å²) in [5.74, 6) is 1.78. The molecule has 0 unspecified atom stereocenters. The van der Waals surface area contributed by atoms with Gasteiger partial charge in [-0.1, -0.05) is 42.5 Å². The number of rotatable bonds is 7. The number of nitrogens with zero attached hydrogens (tertiary/aromatic N) is 2. The minimum Gasteiger partial charge on any atom is -0.489 e. The number of nitrogens with two attached hydrogens (primary N) is 1. The predicted octanol–water partition coefficient (Wildman–Crippen LogP) is 3.28. The van der Waals surface area contributed by atoms with Crippen LogP contribution < -0.4 is 15.8 Å². The minimum atomic E-state index is 0.313. The lowest BCUT2D eigenvalue weighted by Crippen LogP contribution is -2.17. The van der Waals surface area contributed by atoms with Crippen molar-refractivity contribution in [3.05, 3.63) is 83.7 Å². The fraction of sp³-hybridized carbons (Fsp3) is 0.238. The molecule has 26 heavy (non-hydrogen) atoms. The second-order valence-electron chi connectivity index (χ2n) is 6.62.